The summed E-state index contributed by atoms with van der Waals surface area (Å²) in [5, 5.41) is 11.3. The number of nitrogens with one attached hydrogen (secondary N) is 3. The van der Waals surface area contributed by atoms with Gasteiger partial charge in [0.1, 0.15) is 17.1 Å². The number of carbonyl (C=O) groups excluding carboxylic acids is 2. The van der Waals surface area contributed by atoms with Gasteiger partial charge in [0, 0.05) is 18.3 Å². The second kappa shape index (κ2) is 17.0. The molecule has 0 fully saturated rings. The molecular weight excluding hydrogens is 824 g/mol. The lowest BCUT2D eigenvalue weighted by molar-refractivity contribution is -0.385. The lowest BCUT2D eigenvalue weighted by atomic mass is 10.1. The third-order valence-electron chi connectivity index (χ3n) is 6.06. The Morgan fingerprint density at radius 1 is 0.873 bits per heavy atom. The molecule has 4 rings (SSSR count). The number of nitro benzene ring substituents is 1. The fourth-order valence-corrected chi connectivity index (χ4v) is 5.55. The summed E-state index contributed by atoms with van der Waals surface area (Å²) in [7, 11) is -6.39. The van der Waals surface area contributed by atoms with Crippen LogP contribution in [0, 0.1) is 10.1 Å². The zero-order valence-corrected chi connectivity index (χ0v) is 29.9. The van der Waals surface area contributed by atoms with Gasteiger partial charge >= 0.3 is 18.4 Å². The molecule has 2 aromatic carbocycles. The van der Waals surface area contributed by atoms with E-state index < -0.39 is 87.6 Å². The van der Waals surface area contributed by atoms with Crippen LogP contribution in [-0.4, -0.2) is 69.1 Å². The average Bonchev–Trinajstić information content (AvgIpc) is 3.07. The first-order valence-corrected chi connectivity index (χ1v) is 17.8. The zero-order valence-electron chi connectivity index (χ0n) is 27.5. The molecule has 0 unspecified atom stereocenters. The summed E-state index contributed by atoms with van der Waals surface area (Å²) >= 11 is 5.76. The minimum atomic E-state index is -4.99. The summed E-state index contributed by atoms with van der Waals surface area (Å²) in [5.74, 6) is -2.11. The minimum Gasteiger partial charge on any atom is -0.481 e. The Labute approximate surface area is 310 Å². The molecule has 0 aliphatic carbocycles. The molecule has 0 bridgehead atoms. The highest BCUT2D eigenvalue weighted by molar-refractivity contribution is 7.90. The van der Waals surface area contributed by atoms with Crippen molar-refractivity contribution in [1.82, 2.24) is 24.4 Å². The molecule has 2 aromatic heterocycles. The number of alkyl halides is 6. The number of pyridine rings is 1. The number of halogens is 7. The Balaban J connectivity index is 0.000000296. The van der Waals surface area contributed by atoms with Crippen molar-refractivity contribution >= 4 is 55.2 Å². The maximum absolute atomic E-state index is 12.9. The molecule has 2 heterocycles. The number of nitro groups is 1. The SMILES string of the molecule is COc1cc(OC)nc(NC(=O)NS(=O)(=O)c2ncccc2C(F)(F)F)n1.CS(=O)(=O)NC(=O)c1cc(Oc2ccc(C(F)(F)F)cc2Cl)ccc1[N+](=O)[O-]. The van der Waals surface area contributed by atoms with Gasteiger partial charge in [-0.25, -0.2) is 27.6 Å². The van der Waals surface area contributed by atoms with Crippen LogP contribution in [-0.2, 0) is 32.4 Å². The van der Waals surface area contributed by atoms with E-state index in [1.54, 1.807) is 4.72 Å². The number of nitrogens with zero attached hydrogens (tertiary/aromatic N) is 4. The summed E-state index contributed by atoms with van der Waals surface area (Å²) in [6.45, 7) is 0. The normalized spacial score (nSPS) is 11.7. The molecule has 0 aliphatic heterocycles. The summed E-state index contributed by atoms with van der Waals surface area (Å²) in [5.41, 5.74) is -3.87. The van der Waals surface area contributed by atoms with E-state index in [1.807, 2.05) is 5.32 Å². The number of carbonyl (C=O) groups is 2. The number of ether oxygens (including phenoxy) is 3. The monoisotopic (exact) mass is 845 g/mol. The summed E-state index contributed by atoms with van der Waals surface area (Å²) in [6.07, 6.45) is -8.08. The van der Waals surface area contributed by atoms with E-state index in [0.29, 0.717) is 24.5 Å². The van der Waals surface area contributed by atoms with Crippen LogP contribution in [0.3, 0.4) is 0 Å². The molecular formula is C28H22ClF6N7O11S2. The number of rotatable bonds is 10. The number of hydrogen-bond acceptors (Lipinski definition) is 14. The highest BCUT2D eigenvalue weighted by atomic mass is 35.5. The number of hydrogen-bond donors (Lipinski definition) is 3. The minimum absolute atomic E-state index is 0.0101. The van der Waals surface area contributed by atoms with Gasteiger partial charge in [0.2, 0.25) is 27.7 Å². The molecule has 55 heavy (non-hydrogen) atoms. The van der Waals surface area contributed by atoms with Crippen LogP contribution in [0.4, 0.5) is 42.8 Å². The largest absolute Gasteiger partial charge is 0.481 e. The molecule has 27 heteroatoms. The first-order chi connectivity index (χ1) is 25.3. The summed E-state index contributed by atoms with van der Waals surface area (Å²) in [4.78, 5) is 44.7. The van der Waals surface area contributed by atoms with E-state index in [9.17, 15) is 62.9 Å². The van der Waals surface area contributed by atoms with Crippen LogP contribution in [0.15, 0.2) is 65.8 Å². The number of aromatic nitrogens is 3. The predicted molar refractivity (Wildman–Crippen MR) is 176 cm³/mol. The molecule has 0 atom stereocenters. The van der Waals surface area contributed by atoms with Crippen molar-refractivity contribution in [2.45, 2.75) is 17.4 Å². The van der Waals surface area contributed by atoms with Crippen LogP contribution >= 0.6 is 11.6 Å². The zero-order chi connectivity index (χ0) is 41.5. The molecule has 0 saturated heterocycles. The summed E-state index contributed by atoms with van der Waals surface area (Å²) in [6, 6.07) is 6.40. The van der Waals surface area contributed by atoms with Gasteiger partial charge in [-0.15, -0.1) is 0 Å². The lowest BCUT2D eigenvalue weighted by Crippen LogP contribution is -2.36. The number of urea groups is 1. The number of amides is 3. The van der Waals surface area contributed by atoms with Gasteiger partial charge in [-0.2, -0.15) is 44.7 Å². The van der Waals surface area contributed by atoms with Gasteiger partial charge in [0.15, 0.2) is 5.03 Å². The molecule has 0 aliphatic rings. The first-order valence-electron chi connectivity index (χ1n) is 14.0. The van der Waals surface area contributed by atoms with Crippen LogP contribution in [0.1, 0.15) is 21.5 Å². The molecule has 3 amide bonds. The van der Waals surface area contributed by atoms with E-state index in [0.717, 1.165) is 36.5 Å². The number of sulfonamides is 2. The highest BCUT2D eigenvalue weighted by Crippen LogP contribution is 2.37. The van der Waals surface area contributed by atoms with Crippen LogP contribution in [0.5, 0.6) is 23.3 Å². The maximum Gasteiger partial charge on any atom is 0.419 e. The van der Waals surface area contributed by atoms with Gasteiger partial charge in [0.25, 0.3) is 21.6 Å². The van der Waals surface area contributed by atoms with Gasteiger partial charge in [-0.1, -0.05) is 11.6 Å². The van der Waals surface area contributed by atoms with Crippen molar-refractivity contribution in [1.29, 1.82) is 0 Å². The quantitative estimate of drug-likeness (QED) is 0.106. The third kappa shape index (κ3) is 12.3. The van der Waals surface area contributed by atoms with Gasteiger partial charge in [0.05, 0.1) is 47.6 Å². The molecule has 18 nitrogen and oxygen atoms in total. The number of methoxy groups -OCH3 is 2. The van der Waals surface area contributed by atoms with Crippen molar-refractivity contribution in [3.63, 3.8) is 0 Å². The Kier molecular flexibility index (Phi) is 13.4. The number of anilines is 1. The lowest BCUT2D eigenvalue weighted by Gasteiger charge is -2.13. The van der Waals surface area contributed by atoms with Crippen LogP contribution < -0.4 is 29.0 Å². The van der Waals surface area contributed by atoms with E-state index in [-0.39, 0.29) is 23.3 Å². The summed E-state index contributed by atoms with van der Waals surface area (Å²) < 4.78 is 141. The fourth-order valence-electron chi connectivity index (χ4n) is 3.82. The second-order valence-corrected chi connectivity index (χ2v) is 13.8. The topological polar surface area (TPSA) is 248 Å². The predicted octanol–water partition coefficient (Wildman–Crippen LogP) is 5.17. The Morgan fingerprint density at radius 3 is 2.00 bits per heavy atom. The molecule has 4 aromatic rings. The standard InChI is InChI=1S/C15H10ClF3N2O6S.C13H12F3N5O5S/c1-28(25,26)20-14(22)10-7-9(3-4-12(10)21(23)24)27-13-5-2-8(6-11(13)16)15(17,18)19;1-25-8-6-9(26-2)19-11(18-8)20-12(22)21-27(23,24)10-7(13(14,15)16)4-3-5-17-10/h2-7H,1H3,(H,20,22);3-6H,1-2H3,(H2,18,19,20,21,22). The van der Waals surface area contributed by atoms with E-state index in [1.165, 1.54) is 25.0 Å². The Morgan fingerprint density at radius 2 is 1.49 bits per heavy atom. The number of benzene rings is 2. The smallest absolute Gasteiger partial charge is 0.419 e. The first kappa shape index (κ1) is 43.4. The van der Waals surface area contributed by atoms with Gasteiger partial charge < -0.3 is 14.2 Å². The van der Waals surface area contributed by atoms with E-state index in [4.69, 9.17) is 25.8 Å². The van der Waals surface area contributed by atoms with Gasteiger partial charge in [-0.05, 0) is 36.4 Å². The fraction of sp³-hybridized carbons (Fsp3) is 0.179. The van der Waals surface area contributed by atoms with Crippen molar-refractivity contribution in [2.24, 2.45) is 0 Å². The average molecular weight is 846 g/mol. The van der Waals surface area contributed by atoms with Crippen molar-refractivity contribution < 1.29 is 71.9 Å². The molecule has 0 radical (unpaired) electrons. The van der Waals surface area contributed by atoms with Crippen molar-refractivity contribution in [3.8, 4) is 23.3 Å². The van der Waals surface area contributed by atoms with Crippen molar-refractivity contribution in [2.75, 3.05) is 25.8 Å². The van der Waals surface area contributed by atoms with Gasteiger partial charge in [-0.3, -0.25) is 20.2 Å². The Bertz CT molecular complexity index is 2310. The molecule has 296 valence electrons. The molecule has 3 N–H and O–H groups in total. The van der Waals surface area contributed by atoms with E-state index in [2.05, 4.69) is 15.0 Å². The molecule has 0 saturated carbocycles. The van der Waals surface area contributed by atoms with Crippen LogP contribution in [0.25, 0.3) is 0 Å². The molecule has 0 spiro atoms. The van der Waals surface area contributed by atoms with Crippen LogP contribution in [0.2, 0.25) is 5.02 Å². The van der Waals surface area contributed by atoms with Crippen molar-refractivity contribution in [3.05, 3.63) is 92.6 Å². The third-order valence-corrected chi connectivity index (χ3v) is 8.20. The maximum atomic E-state index is 12.9. The Hall–Kier alpha value is -6.02. The van der Waals surface area contributed by atoms with E-state index >= 15 is 0 Å². The highest BCUT2D eigenvalue weighted by Gasteiger charge is 2.39. The second-order valence-electron chi connectivity index (χ2n) is 10.1.